The second-order valence-electron chi connectivity index (χ2n) is 8.52. The molecular formula is C21H32N8O2. The molecule has 1 saturated carbocycles. The number of nitrogens with two attached hydrogens (primary N) is 2. The number of nitrogens with one attached hydrogen (secondary N) is 1. The number of fused-ring (bicyclic) bond motifs is 1. The lowest BCUT2D eigenvalue weighted by molar-refractivity contribution is -0.119. The molecule has 1 atom stereocenters. The number of pyridine rings is 1. The number of rotatable bonds is 9. The molecule has 1 fully saturated rings. The van der Waals surface area contributed by atoms with Crippen LogP contribution in [0, 0.1) is 0 Å². The Morgan fingerprint density at radius 2 is 2.03 bits per heavy atom. The number of hydrogen-bond acceptors (Lipinski definition) is 8. The quantitative estimate of drug-likeness (QED) is 0.404. The molecule has 1 aliphatic carbocycles. The number of aromatic nitrogens is 3. The van der Waals surface area contributed by atoms with Crippen molar-refractivity contribution in [1.29, 1.82) is 0 Å². The first-order valence-corrected chi connectivity index (χ1v) is 10.7. The predicted molar refractivity (Wildman–Crippen MR) is 120 cm³/mol. The number of nitrogen functional groups attached to an aromatic ring is 1. The number of hydrogen-bond donors (Lipinski definition) is 3. The normalized spacial score (nSPS) is 15.4. The number of anilines is 2. The molecule has 0 spiro atoms. The number of hydrazine groups is 1. The summed E-state index contributed by atoms with van der Waals surface area (Å²) in [6.07, 6.45) is 6.20. The molecule has 2 amide bonds. The van der Waals surface area contributed by atoms with Crippen molar-refractivity contribution in [2.75, 3.05) is 24.3 Å². The van der Waals surface area contributed by atoms with Gasteiger partial charge in [-0.25, -0.2) is 15.8 Å². The van der Waals surface area contributed by atoms with Gasteiger partial charge >= 0.3 is 0 Å². The molecule has 2 heterocycles. The summed E-state index contributed by atoms with van der Waals surface area (Å²) < 4.78 is 0. The Hall–Kier alpha value is -3.01. The molecule has 0 unspecified atom stereocenters. The number of carbonyl (C=O) groups is 2. The van der Waals surface area contributed by atoms with Gasteiger partial charge in [0.05, 0.1) is 16.6 Å². The minimum Gasteiger partial charge on any atom is -0.368 e. The van der Waals surface area contributed by atoms with E-state index in [1.807, 2.05) is 6.92 Å². The van der Waals surface area contributed by atoms with E-state index in [1.54, 1.807) is 18.0 Å². The summed E-state index contributed by atoms with van der Waals surface area (Å²) in [5, 5.41) is 4.37. The van der Waals surface area contributed by atoms with Crippen LogP contribution in [-0.4, -0.2) is 56.8 Å². The summed E-state index contributed by atoms with van der Waals surface area (Å²) in [5.41, 5.74) is 6.71. The lowest BCUT2D eigenvalue weighted by atomic mass is 9.93. The third-order valence-electron chi connectivity index (χ3n) is 5.79. The van der Waals surface area contributed by atoms with E-state index >= 15 is 0 Å². The molecule has 0 radical (unpaired) electrons. The maximum Gasteiger partial charge on any atom is 0.255 e. The highest BCUT2D eigenvalue weighted by molar-refractivity contribution is 5.98. The Balaban J connectivity index is 1.99. The number of unbranched alkanes of at least 4 members (excludes halogenated alkanes) is 1. The predicted octanol–water partition coefficient (Wildman–Crippen LogP) is 1.61. The Labute approximate surface area is 182 Å². The molecule has 0 saturated heterocycles. The van der Waals surface area contributed by atoms with E-state index in [4.69, 9.17) is 11.6 Å². The van der Waals surface area contributed by atoms with Crippen LogP contribution < -0.4 is 21.9 Å². The highest BCUT2D eigenvalue weighted by Crippen LogP contribution is 2.30. The molecule has 3 rings (SSSR count). The second-order valence-corrected chi connectivity index (χ2v) is 8.52. The average Bonchev–Trinajstić information content (AvgIpc) is 3.59. The van der Waals surface area contributed by atoms with Gasteiger partial charge in [0.2, 0.25) is 11.9 Å². The van der Waals surface area contributed by atoms with Crippen molar-refractivity contribution in [3.63, 3.8) is 0 Å². The Morgan fingerprint density at radius 1 is 1.32 bits per heavy atom. The molecule has 10 heteroatoms. The second kappa shape index (κ2) is 9.01. The van der Waals surface area contributed by atoms with Crippen LogP contribution in [0.1, 0.15) is 63.2 Å². The maximum absolute atomic E-state index is 12.7. The lowest BCUT2D eigenvalue weighted by Gasteiger charge is -2.39. The summed E-state index contributed by atoms with van der Waals surface area (Å²) in [6.45, 7) is 5.87. The van der Waals surface area contributed by atoms with Crippen LogP contribution in [0.2, 0.25) is 0 Å². The van der Waals surface area contributed by atoms with Crippen molar-refractivity contribution in [3.05, 3.63) is 17.8 Å². The highest BCUT2D eigenvalue weighted by atomic mass is 16.2. The number of carbonyl (C=O) groups excluding carboxylic acids is 2. The van der Waals surface area contributed by atoms with E-state index in [2.05, 4.69) is 27.2 Å². The SMILES string of the molecule is CCCC[C@](C)(CNC(C)=O)N(N)c1nc(N)nc2cc(C(=O)N(C)C3CC3)cnc12. The van der Waals surface area contributed by atoms with Gasteiger partial charge in [-0.1, -0.05) is 19.8 Å². The van der Waals surface area contributed by atoms with Gasteiger partial charge in [-0.05, 0) is 32.3 Å². The van der Waals surface area contributed by atoms with Crippen molar-refractivity contribution in [1.82, 2.24) is 25.2 Å². The molecule has 31 heavy (non-hydrogen) atoms. The van der Waals surface area contributed by atoms with Crippen molar-refractivity contribution >= 4 is 34.6 Å². The minimum absolute atomic E-state index is 0.0391. The average molecular weight is 429 g/mol. The van der Waals surface area contributed by atoms with E-state index in [0.29, 0.717) is 35.0 Å². The first-order chi connectivity index (χ1) is 14.7. The van der Waals surface area contributed by atoms with Gasteiger partial charge in [-0.15, -0.1) is 0 Å². The first-order valence-electron chi connectivity index (χ1n) is 10.7. The van der Waals surface area contributed by atoms with Crippen molar-refractivity contribution < 1.29 is 9.59 Å². The van der Waals surface area contributed by atoms with Gasteiger partial charge in [-0.2, -0.15) is 4.98 Å². The first kappa shape index (κ1) is 22.7. The van der Waals surface area contributed by atoms with E-state index < -0.39 is 5.54 Å². The number of amides is 2. The molecule has 0 aromatic carbocycles. The fourth-order valence-electron chi connectivity index (χ4n) is 3.56. The van der Waals surface area contributed by atoms with Crippen LogP contribution in [-0.2, 0) is 4.79 Å². The molecule has 2 aromatic rings. The smallest absolute Gasteiger partial charge is 0.255 e. The Kier molecular flexibility index (Phi) is 6.59. The van der Waals surface area contributed by atoms with E-state index in [-0.39, 0.29) is 17.8 Å². The van der Waals surface area contributed by atoms with Gasteiger partial charge in [-0.3, -0.25) is 14.6 Å². The molecule has 5 N–H and O–H groups in total. The summed E-state index contributed by atoms with van der Waals surface area (Å²) in [5.74, 6) is 6.72. The summed E-state index contributed by atoms with van der Waals surface area (Å²) in [6, 6.07) is 1.97. The highest BCUT2D eigenvalue weighted by Gasteiger charge is 2.34. The third kappa shape index (κ3) is 5.01. The van der Waals surface area contributed by atoms with Crippen molar-refractivity contribution in [2.45, 2.75) is 64.5 Å². The lowest BCUT2D eigenvalue weighted by Crippen LogP contribution is -2.57. The monoisotopic (exact) mass is 428 g/mol. The van der Waals surface area contributed by atoms with Crippen LogP contribution in [0.3, 0.4) is 0 Å². The standard InChI is InChI=1S/C21H32N8O2/c1-5-6-9-21(3,12-25-13(2)30)29(23)18-17-16(26-20(22)27-18)10-14(11-24-17)19(31)28(4)15-7-8-15/h10-11,15H,5-9,12,23H2,1-4H3,(H,25,30)(H2,22,26,27)/t21-/m1/s1. The molecule has 168 valence electrons. The van der Waals surface area contributed by atoms with Gasteiger partial charge in [0.15, 0.2) is 5.82 Å². The molecular weight excluding hydrogens is 396 g/mol. The zero-order valence-electron chi connectivity index (χ0n) is 18.7. The fraction of sp³-hybridized carbons (Fsp3) is 0.571. The van der Waals surface area contributed by atoms with E-state index in [1.165, 1.54) is 18.1 Å². The summed E-state index contributed by atoms with van der Waals surface area (Å²) in [7, 11) is 1.80. The zero-order valence-corrected chi connectivity index (χ0v) is 18.7. The Bertz CT molecular complexity index is 977. The van der Waals surface area contributed by atoms with Gasteiger partial charge in [0, 0.05) is 32.8 Å². The molecule has 2 aromatic heterocycles. The molecule has 0 aliphatic heterocycles. The molecule has 0 bridgehead atoms. The Morgan fingerprint density at radius 3 is 2.65 bits per heavy atom. The summed E-state index contributed by atoms with van der Waals surface area (Å²) >= 11 is 0. The molecule has 10 nitrogen and oxygen atoms in total. The third-order valence-corrected chi connectivity index (χ3v) is 5.79. The summed E-state index contributed by atoms with van der Waals surface area (Å²) in [4.78, 5) is 39.1. The van der Waals surface area contributed by atoms with Crippen molar-refractivity contribution in [3.8, 4) is 0 Å². The largest absolute Gasteiger partial charge is 0.368 e. The van der Waals surface area contributed by atoms with Crippen LogP contribution >= 0.6 is 0 Å². The van der Waals surface area contributed by atoms with Crippen LogP contribution in [0.5, 0.6) is 0 Å². The van der Waals surface area contributed by atoms with E-state index in [9.17, 15) is 9.59 Å². The van der Waals surface area contributed by atoms with Crippen LogP contribution in [0.4, 0.5) is 11.8 Å². The van der Waals surface area contributed by atoms with Gasteiger partial charge < -0.3 is 16.0 Å². The molecule has 1 aliphatic rings. The topological polar surface area (TPSA) is 143 Å². The van der Waals surface area contributed by atoms with Gasteiger partial charge in [0.25, 0.3) is 5.91 Å². The fourth-order valence-corrected chi connectivity index (χ4v) is 3.56. The van der Waals surface area contributed by atoms with Crippen LogP contribution in [0.15, 0.2) is 12.3 Å². The van der Waals surface area contributed by atoms with Crippen molar-refractivity contribution in [2.24, 2.45) is 5.84 Å². The minimum atomic E-state index is -0.613. The van der Waals surface area contributed by atoms with E-state index in [0.717, 1.165) is 32.1 Å². The zero-order chi connectivity index (χ0) is 22.8. The van der Waals surface area contributed by atoms with Crippen LogP contribution in [0.25, 0.3) is 11.0 Å². The maximum atomic E-state index is 12.7. The number of nitrogens with zero attached hydrogens (tertiary/aromatic N) is 5. The van der Waals surface area contributed by atoms with Gasteiger partial charge in [0.1, 0.15) is 5.52 Å².